The van der Waals surface area contributed by atoms with E-state index in [1.165, 1.54) is 6.39 Å². The number of carbonyl (C=O) groups is 1. The Kier molecular flexibility index (Phi) is 3.59. The SMILES string of the molecule is Cc1nc(-c2ccc(NC(=O)c3ccc4ocnc4c3)cc2)cs1. The zero-order valence-electron chi connectivity index (χ0n) is 12.8. The van der Waals surface area contributed by atoms with Gasteiger partial charge in [-0.3, -0.25) is 4.79 Å². The van der Waals surface area contributed by atoms with Crippen molar-refractivity contribution in [2.45, 2.75) is 6.92 Å². The molecule has 0 aliphatic heterocycles. The van der Waals surface area contributed by atoms with E-state index in [4.69, 9.17) is 4.42 Å². The van der Waals surface area contributed by atoms with Crippen LogP contribution in [0, 0.1) is 6.92 Å². The first-order valence-corrected chi connectivity index (χ1v) is 8.24. The van der Waals surface area contributed by atoms with Crippen molar-refractivity contribution in [1.82, 2.24) is 9.97 Å². The van der Waals surface area contributed by atoms with Crippen molar-refractivity contribution in [2.24, 2.45) is 0 Å². The van der Waals surface area contributed by atoms with Crippen LogP contribution in [0.15, 0.2) is 58.7 Å². The van der Waals surface area contributed by atoms with Gasteiger partial charge in [0.05, 0.1) is 10.7 Å². The number of anilines is 1. The van der Waals surface area contributed by atoms with E-state index in [0.29, 0.717) is 16.7 Å². The number of rotatable bonds is 3. The quantitative estimate of drug-likeness (QED) is 0.598. The fraction of sp³-hybridized carbons (Fsp3) is 0.0556. The van der Waals surface area contributed by atoms with Gasteiger partial charge in [-0.15, -0.1) is 11.3 Å². The maximum Gasteiger partial charge on any atom is 0.255 e. The Morgan fingerprint density at radius 2 is 2.00 bits per heavy atom. The molecule has 4 aromatic rings. The van der Waals surface area contributed by atoms with E-state index < -0.39 is 0 Å². The summed E-state index contributed by atoms with van der Waals surface area (Å²) in [5, 5.41) is 5.94. The Hall–Kier alpha value is -2.99. The second-order valence-electron chi connectivity index (χ2n) is 5.32. The molecule has 0 aliphatic carbocycles. The molecule has 1 N–H and O–H groups in total. The fourth-order valence-corrected chi connectivity index (χ4v) is 3.04. The molecule has 5 nitrogen and oxygen atoms in total. The molecule has 0 fully saturated rings. The molecule has 4 rings (SSSR count). The van der Waals surface area contributed by atoms with Gasteiger partial charge >= 0.3 is 0 Å². The van der Waals surface area contributed by atoms with Gasteiger partial charge in [-0.05, 0) is 37.3 Å². The Morgan fingerprint density at radius 3 is 2.75 bits per heavy atom. The molecule has 0 radical (unpaired) electrons. The summed E-state index contributed by atoms with van der Waals surface area (Å²) < 4.78 is 5.18. The van der Waals surface area contributed by atoms with Gasteiger partial charge in [0, 0.05) is 22.2 Å². The van der Waals surface area contributed by atoms with E-state index in [1.54, 1.807) is 29.5 Å². The Balaban J connectivity index is 1.53. The van der Waals surface area contributed by atoms with Gasteiger partial charge < -0.3 is 9.73 Å². The Morgan fingerprint density at radius 1 is 1.17 bits per heavy atom. The highest BCUT2D eigenvalue weighted by Gasteiger charge is 2.09. The number of fused-ring (bicyclic) bond motifs is 1. The lowest BCUT2D eigenvalue weighted by Crippen LogP contribution is -2.11. The molecule has 2 heterocycles. The molecule has 0 atom stereocenters. The van der Waals surface area contributed by atoms with Gasteiger partial charge in [-0.2, -0.15) is 0 Å². The van der Waals surface area contributed by atoms with Crippen LogP contribution in [-0.2, 0) is 0 Å². The highest BCUT2D eigenvalue weighted by Crippen LogP contribution is 2.23. The van der Waals surface area contributed by atoms with E-state index in [9.17, 15) is 4.79 Å². The average Bonchev–Trinajstić information content (AvgIpc) is 3.23. The Bertz CT molecular complexity index is 1020. The van der Waals surface area contributed by atoms with E-state index in [-0.39, 0.29) is 5.91 Å². The highest BCUT2D eigenvalue weighted by atomic mass is 32.1. The van der Waals surface area contributed by atoms with Crippen LogP contribution in [0.5, 0.6) is 0 Å². The van der Waals surface area contributed by atoms with Crippen molar-refractivity contribution >= 4 is 34.0 Å². The standard InChI is InChI=1S/C18H13N3O2S/c1-11-20-16(9-24-11)12-2-5-14(6-3-12)21-18(22)13-4-7-17-15(8-13)19-10-23-17/h2-10H,1H3,(H,21,22). The number of benzene rings is 2. The van der Waals surface area contributed by atoms with Crippen molar-refractivity contribution in [1.29, 1.82) is 0 Å². The first-order valence-electron chi connectivity index (χ1n) is 7.36. The van der Waals surface area contributed by atoms with E-state index >= 15 is 0 Å². The van der Waals surface area contributed by atoms with Crippen LogP contribution in [0.3, 0.4) is 0 Å². The number of amides is 1. The lowest BCUT2D eigenvalue weighted by molar-refractivity contribution is 0.102. The van der Waals surface area contributed by atoms with E-state index in [0.717, 1.165) is 22.0 Å². The van der Waals surface area contributed by atoms with Crippen LogP contribution in [0.25, 0.3) is 22.4 Å². The smallest absolute Gasteiger partial charge is 0.255 e. The normalized spacial score (nSPS) is 10.9. The number of hydrogen-bond donors (Lipinski definition) is 1. The predicted molar refractivity (Wildman–Crippen MR) is 94.2 cm³/mol. The first-order chi connectivity index (χ1) is 11.7. The molecule has 0 bridgehead atoms. The molecule has 0 aliphatic rings. The largest absolute Gasteiger partial charge is 0.443 e. The summed E-state index contributed by atoms with van der Waals surface area (Å²) in [5.74, 6) is -0.183. The minimum atomic E-state index is -0.183. The summed E-state index contributed by atoms with van der Waals surface area (Å²) >= 11 is 1.62. The molecule has 24 heavy (non-hydrogen) atoms. The van der Waals surface area contributed by atoms with Crippen LogP contribution >= 0.6 is 11.3 Å². The molecule has 0 saturated heterocycles. The predicted octanol–water partition coefficient (Wildman–Crippen LogP) is 4.51. The minimum absolute atomic E-state index is 0.183. The summed E-state index contributed by atoms with van der Waals surface area (Å²) in [4.78, 5) is 20.9. The number of carbonyl (C=O) groups excluding carboxylic acids is 1. The molecule has 2 aromatic heterocycles. The molecule has 0 spiro atoms. The van der Waals surface area contributed by atoms with Gasteiger partial charge in [-0.1, -0.05) is 12.1 Å². The van der Waals surface area contributed by atoms with Crippen molar-refractivity contribution < 1.29 is 9.21 Å². The second kappa shape index (κ2) is 5.90. The Labute approximate surface area is 142 Å². The number of hydrogen-bond acceptors (Lipinski definition) is 5. The number of thiazole rings is 1. The zero-order chi connectivity index (χ0) is 16.5. The summed E-state index contributed by atoms with van der Waals surface area (Å²) in [7, 11) is 0. The van der Waals surface area contributed by atoms with Crippen LogP contribution in [0.1, 0.15) is 15.4 Å². The molecule has 0 unspecified atom stereocenters. The zero-order valence-corrected chi connectivity index (χ0v) is 13.6. The maximum absolute atomic E-state index is 12.4. The van der Waals surface area contributed by atoms with Crippen molar-refractivity contribution in [3.8, 4) is 11.3 Å². The van der Waals surface area contributed by atoms with Crippen LogP contribution < -0.4 is 5.32 Å². The molecular formula is C18H13N3O2S. The molecule has 0 saturated carbocycles. The molecule has 1 amide bonds. The van der Waals surface area contributed by atoms with E-state index in [2.05, 4.69) is 15.3 Å². The van der Waals surface area contributed by atoms with Crippen molar-refractivity contribution in [3.05, 3.63) is 64.8 Å². The molecule has 6 heteroatoms. The summed E-state index contributed by atoms with van der Waals surface area (Å²) in [6.45, 7) is 1.98. The second-order valence-corrected chi connectivity index (χ2v) is 6.38. The average molecular weight is 335 g/mol. The summed E-state index contributed by atoms with van der Waals surface area (Å²) in [6.07, 6.45) is 1.37. The van der Waals surface area contributed by atoms with Gasteiger partial charge in [0.1, 0.15) is 5.52 Å². The van der Waals surface area contributed by atoms with Crippen LogP contribution in [-0.4, -0.2) is 15.9 Å². The monoisotopic (exact) mass is 335 g/mol. The third-order valence-electron chi connectivity index (χ3n) is 3.65. The first kappa shape index (κ1) is 14.6. The number of nitrogens with zero attached hydrogens (tertiary/aromatic N) is 2. The van der Waals surface area contributed by atoms with E-state index in [1.807, 2.05) is 36.6 Å². The maximum atomic E-state index is 12.4. The summed E-state index contributed by atoms with van der Waals surface area (Å²) in [6, 6.07) is 12.8. The fourth-order valence-electron chi connectivity index (χ4n) is 2.42. The van der Waals surface area contributed by atoms with Crippen LogP contribution in [0.4, 0.5) is 5.69 Å². The minimum Gasteiger partial charge on any atom is -0.443 e. The van der Waals surface area contributed by atoms with Gasteiger partial charge in [0.15, 0.2) is 12.0 Å². The lowest BCUT2D eigenvalue weighted by Gasteiger charge is -2.06. The summed E-state index contributed by atoms with van der Waals surface area (Å²) in [5.41, 5.74) is 4.58. The van der Waals surface area contributed by atoms with Gasteiger partial charge in [0.25, 0.3) is 5.91 Å². The van der Waals surface area contributed by atoms with Gasteiger partial charge in [0.2, 0.25) is 0 Å². The third kappa shape index (κ3) is 2.79. The molecular weight excluding hydrogens is 322 g/mol. The third-order valence-corrected chi connectivity index (χ3v) is 4.42. The molecule has 118 valence electrons. The van der Waals surface area contributed by atoms with Gasteiger partial charge in [-0.25, -0.2) is 9.97 Å². The topological polar surface area (TPSA) is 68.0 Å². The van der Waals surface area contributed by atoms with Crippen LogP contribution in [0.2, 0.25) is 0 Å². The van der Waals surface area contributed by atoms with Crippen molar-refractivity contribution in [2.75, 3.05) is 5.32 Å². The lowest BCUT2D eigenvalue weighted by atomic mass is 10.1. The number of oxazole rings is 1. The highest BCUT2D eigenvalue weighted by molar-refractivity contribution is 7.09. The number of aromatic nitrogens is 2. The number of aryl methyl sites for hydroxylation is 1. The molecule has 2 aromatic carbocycles. The van der Waals surface area contributed by atoms with Crippen molar-refractivity contribution in [3.63, 3.8) is 0 Å². The number of nitrogens with one attached hydrogen (secondary N) is 1.